The molecule has 1 aromatic carbocycles. The number of aromatic nitrogens is 2. The van der Waals surface area contributed by atoms with E-state index in [9.17, 15) is 0 Å². The Morgan fingerprint density at radius 1 is 1.31 bits per heavy atom. The monoisotopic (exact) mass is 281 g/mol. The third-order valence-electron chi connectivity index (χ3n) is 2.29. The van der Waals surface area contributed by atoms with E-state index in [1.54, 1.807) is 4.68 Å². The molecule has 5 heteroatoms. The zero-order valence-electron chi connectivity index (χ0n) is 8.60. The number of hydrogen-bond acceptors (Lipinski definition) is 3. The molecular formula is C11H12BrN3O. The minimum Gasteiger partial charge on any atom is -0.394 e. The normalized spacial score (nSPS) is 10.6. The highest BCUT2D eigenvalue weighted by Gasteiger charge is 2.13. The largest absolute Gasteiger partial charge is 0.394 e. The molecule has 16 heavy (non-hydrogen) atoms. The van der Waals surface area contributed by atoms with Crippen LogP contribution in [0.4, 0.5) is 5.82 Å². The standard InChI is InChI=1S/C11H12BrN3O/c12-9-10(8-4-2-1-3-5-8)14-15(6-7-16)11(9)13/h1-5,16H,6-7,13H2. The fraction of sp³-hybridized carbons (Fsp3) is 0.182. The molecule has 0 saturated carbocycles. The molecule has 0 radical (unpaired) electrons. The lowest BCUT2D eigenvalue weighted by molar-refractivity contribution is 0.270. The number of nitrogen functional groups attached to an aromatic ring is 1. The van der Waals surface area contributed by atoms with E-state index in [1.165, 1.54) is 0 Å². The zero-order valence-corrected chi connectivity index (χ0v) is 10.2. The summed E-state index contributed by atoms with van der Waals surface area (Å²) in [6.45, 7) is 0.420. The van der Waals surface area contributed by atoms with Crippen LogP contribution in [-0.2, 0) is 6.54 Å². The molecule has 0 aliphatic rings. The smallest absolute Gasteiger partial charge is 0.136 e. The third-order valence-corrected chi connectivity index (χ3v) is 3.07. The average molecular weight is 282 g/mol. The number of aliphatic hydroxyl groups excluding tert-OH is 1. The second-order valence-electron chi connectivity index (χ2n) is 3.36. The molecule has 0 fully saturated rings. The van der Waals surface area contributed by atoms with Crippen LogP contribution < -0.4 is 5.73 Å². The van der Waals surface area contributed by atoms with Gasteiger partial charge in [-0.15, -0.1) is 0 Å². The first-order valence-corrected chi connectivity index (χ1v) is 5.71. The maximum absolute atomic E-state index is 8.88. The molecule has 1 aromatic heterocycles. The van der Waals surface area contributed by atoms with Crippen LogP contribution in [0.5, 0.6) is 0 Å². The first kappa shape index (κ1) is 11.2. The number of nitrogens with zero attached hydrogens (tertiary/aromatic N) is 2. The summed E-state index contributed by atoms with van der Waals surface area (Å²) < 4.78 is 2.36. The fourth-order valence-corrected chi connectivity index (χ4v) is 2.01. The quantitative estimate of drug-likeness (QED) is 0.903. The number of aliphatic hydroxyl groups is 1. The van der Waals surface area contributed by atoms with Crippen LogP contribution in [0.1, 0.15) is 0 Å². The lowest BCUT2D eigenvalue weighted by Crippen LogP contribution is -2.07. The van der Waals surface area contributed by atoms with E-state index < -0.39 is 0 Å². The predicted octanol–water partition coefficient (Wildman–Crippen LogP) is 1.89. The molecule has 2 aromatic rings. The van der Waals surface area contributed by atoms with Gasteiger partial charge in [0.2, 0.25) is 0 Å². The van der Waals surface area contributed by atoms with Crippen molar-refractivity contribution in [3.05, 3.63) is 34.8 Å². The van der Waals surface area contributed by atoms with Crippen molar-refractivity contribution in [3.63, 3.8) is 0 Å². The molecule has 0 atom stereocenters. The highest BCUT2D eigenvalue weighted by atomic mass is 79.9. The van der Waals surface area contributed by atoms with Gasteiger partial charge in [0.1, 0.15) is 11.5 Å². The lowest BCUT2D eigenvalue weighted by Gasteiger charge is -1.99. The van der Waals surface area contributed by atoms with E-state index in [0.717, 1.165) is 15.7 Å². The Morgan fingerprint density at radius 3 is 2.62 bits per heavy atom. The first-order chi connectivity index (χ1) is 7.74. The van der Waals surface area contributed by atoms with Crippen molar-refractivity contribution in [1.29, 1.82) is 0 Å². The number of hydrogen-bond donors (Lipinski definition) is 2. The van der Waals surface area contributed by atoms with Gasteiger partial charge >= 0.3 is 0 Å². The van der Waals surface area contributed by atoms with Crippen molar-refractivity contribution < 1.29 is 5.11 Å². The minimum absolute atomic E-state index is 0.0204. The van der Waals surface area contributed by atoms with Gasteiger partial charge in [-0.05, 0) is 15.9 Å². The summed E-state index contributed by atoms with van der Waals surface area (Å²) in [4.78, 5) is 0. The molecule has 84 valence electrons. The Kier molecular flexibility index (Phi) is 3.26. The highest BCUT2D eigenvalue weighted by molar-refractivity contribution is 9.10. The molecule has 0 amide bonds. The van der Waals surface area contributed by atoms with Crippen molar-refractivity contribution in [2.45, 2.75) is 6.54 Å². The summed E-state index contributed by atoms with van der Waals surface area (Å²) in [6.07, 6.45) is 0. The molecule has 2 rings (SSSR count). The minimum atomic E-state index is 0.0204. The number of benzene rings is 1. The molecule has 0 bridgehead atoms. The van der Waals surface area contributed by atoms with Crippen LogP contribution in [-0.4, -0.2) is 21.5 Å². The maximum atomic E-state index is 8.88. The van der Waals surface area contributed by atoms with E-state index in [-0.39, 0.29) is 6.61 Å². The molecule has 3 N–H and O–H groups in total. The van der Waals surface area contributed by atoms with E-state index in [2.05, 4.69) is 21.0 Å². The van der Waals surface area contributed by atoms with Crippen molar-refractivity contribution in [1.82, 2.24) is 9.78 Å². The summed E-state index contributed by atoms with van der Waals surface area (Å²) in [5.41, 5.74) is 7.66. The molecule has 0 spiro atoms. The average Bonchev–Trinajstić information content (AvgIpc) is 2.59. The van der Waals surface area contributed by atoms with Crippen molar-refractivity contribution in [3.8, 4) is 11.3 Å². The third kappa shape index (κ3) is 1.96. The fourth-order valence-electron chi connectivity index (χ4n) is 1.50. The second kappa shape index (κ2) is 4.67. The second-order valence-corrected chi connectivity index (χ2v) is 4.15. The SMILES string of the molecule is Nc1c(Br)c(-c2ccccc2)nn1CCO. The van der Waals surface area contributed by atoms with Gasteiger partial charge in [0.05, 0.1) is 17.6 Å². The Balaban J connectivity index is 2.46. The van der Waals surface area contributed by atoms with Crippen LogP contribution in [0.25, 0.3) is 11.3 Å². The predicted molar refractivity (Wildman–Crippen MR) is 66.9 cm³/mol. The lowest BCUT2D eigenvalue weighted by atomic mass is 10.2. The molecule has 0 aliphatic carbocycles. The van der Waals surface area contributed by atoms with Gasteiger partial charge in [-0.1, -0.05) is 30.3 Å². The number of halogens is 1. The van der Waals surface area contributed by atoms with E-state index in [4.69, 9.17) is 10.8 Å². The Hall–Kier alpha value is -1.33. The molecule has 0 unspecified atom stereocenters. The van der Waals surface area contributed by atoms with Gasteiger partial charge in [0.25, 0.3) is 0 Å². The molecule has 0 aliphatic heterocycles. The Labute approximate surface area is 102 Å². The van der Waals surface area contributed by atoms with Crippen LogP contribution in [0.3, 0.4) is 0 Å². The molecule has 0 saturated heterocycles. The number of anilines is 1. The van der Waals surface area contributed by atoms with Gasteiger partial charge < -0.3 is 10.8 Å². The number of nitrogens with two attached hydrogens (primary N) is 1. The van der Waals surface area contributed by atoms with Gasteiger partial charge in [0.15, 0.2) is 0 Å². The van der Waals surface area contributed by atoms with Crippen LogP contribution in [0.15, 0.2) is 34.8 Å². The van der Waals surface area contributed by atoms with Gasteiger partial charge in [-0.25, -0.2) is 4.68 Å². The summed E-state index contributed by atoms with van der Waals surface area (Å²) in [6, 6.07) is 9.78. The van der Waals surface area contributed by atoms with Gasteiger partial charge in [0, 0.05) is 5.56 Å². The summed E-state index contributed by atoms with van der Waals surface area (Å²) in [7, 11) is 0. The van der Waals surface area contributed by atoms with E-state index >= 15 is 0 Å². The van der Waals surface area contributed by atoms with Crippen molar-refractivity contribution >= 4 is 21.7 Å². The molecule has 4 nitrogen and oxygen atoms in total. The van der Waals surface area contributed by atoms with E-state index in [1.807, 2.05) is 30.3 Å². The zero-order chi connectivity index (χ0) is 11.5. The summed E-state index contributed by atoms with van der Waals surface area (Å²) in [5, 5.41) is 13.2. The summed E-state index contributed by atoms with van der Waals surface area (Å²) >= 11 is 3.42. The molecular weight excluding hydrogens is 270 g/mol. The van der Waals surface area contributed by atoms with Gasteiger partial charge in [-0.3, -0.25) is 0 Å². The van der Waals surface area contributed by atoms with Crippen LogP contribution in [0, 0.1) is 0 Å². The van der Waals surface area contributed by atoms with E-state index in [0.29, 0.717) is 12.4 Å². The molecule has 1 heterocycles. The Morgan fingerprint density at radius 2 is 2.00 bits per heavy atom. The van der Waals surface area contributed by atoms with Crippen LogP contribution in [0.2, 0.25) is 0 Å². The Bertz CT molecular complexity index is 481. The van der Waals surface area contributed by atoms with Crippen LogP contribution >= 0.6 is 15.9 Å². The van der Waals surface area contributed by atoms with Crippen molar-refractivity contribution in [2.75, 3.05) is 12.3 Å². The van der Waals surface area contributed by atoms with Crippen molar-refractivity contribution in [2.24, 2.45) is 0 Å². The highest BCUT2D eigenvalue weighted by Crippen LogP contribution is 2.31. The summed E-state index contributed by atoms with van der Waals surface area (Å²) in [5.74, 6) is 0.535. The maximum Gasteiger partial charge on any atom is 0.136 e. The first-order valence-electron chi connectivity index (χ1n) is 4.92. The number of rotatable bonds is 3. The van der Waals surface area contributed by atoms with Gasteiger partial charge in [-0.2, -0.15) is 5.10 Å². The topological polar surface area (TPSA) is 64.1 Å².